The first kappa shape index (κ1) is 27.5. The van der Waals surface area contributed by atoms with E-state index in [0.717, 1.165) is 31.4 Å². The lowest BCUT2D eigenvalue weighted by molar-refractivity contribution is -0.141. The Kier molecular flexibility index (Phi) is 15.1. The fraction of sp³-hybridized carbons (Fsp3) is 0.741. The van der Waals surface area contributed by atoms with Crippen LogP contribution in [0, 0.1) is 6.92 Å². The maximum absolute atomic E-state index is 12.9. The van der Waals surface area contributed by atoms with Gasteiger partial charge in [-0.05, 0) is 31.9 Å². The summed E-state index contributed by atoms with van der Waals surface area (Å²) in [6.45, 7) is 6.49. The fourth-order valence-corrected chi connectivity index (χ4v) is 3.98. The normalized spacial score (nSPS) is 11.5. The van der Waals surface area contributed by atoms with Gasteiger partial charge in [0.25, 0.3) is 5.91 Å². The summed E-state index contributed by atoms with van der Waals surface area (Å²) in [6, 6.07) is 7.86. The molecule has 0 bridgehead atoms. The van der Waals surface area contributed by atoms with Gasteiger partial charge in [0.2, 0.25) is 0 Å². The highest BCUT2D eigenvalue weighted by molar-refractivity contribution is 5.85. The largest absolute Gasteiger partial charge is 0.380 e. The Bertz CT molecular complexity index is 553. The van der Waals surface area contributed by atoms with E-state index in [0.29, 0.717) is 12.8 Å². The van der Waals surface area contributed by atoms with Crippen molar-refractivity contribution in [2.24, 2.45) is 0 Å². The van der Waals surface area contributed by atoms with Crippen molar-refractivity contribution in [1.29, 1.82) is 0 Å². The van der Waals surface area contributed by atoms with Gasteiger partial charge >= 0.3 is 0 Å². The van der Waals surface area contributed by atoms with Crippen LogP contribution in [0.15, 0.2) is 24.3 Å². The lowest BCUT2D eigenvalue weighted by Gasteiger charge is -2.27. The van der Waals surface area contributed by atoms with Crippen LogP contribution in [0.25, 0.3) is 0 Å². The molecule has 0 aliphatic rings. The number of hydrogen-bond donors (Lipinski definition) is 3. The molecule has 0 radical (unpaired) electrons. The van der Waals surface area contributed by atoms with Gasteiger partial charge in [-0.15, -0.1) is 0 Å². The second-order valence-corrected chi connectivity index (χ2v) is 9.22. The summed E-state index contributed by atoms with van der Waals surface area (Å²) in [7, 11) is 0. The lowest BCUT2D eigenvalue weighted by Crippen LogP contribution is -2.48. The number of amides is 1. The number of benzene rings is 1. The van der Waals surface area contributed by atoms with Crippen LogP contribution in [0.4, 0.5) is 5.69 Å². The van der Waals surface area contributed by atoms with Crippen LogP contribution in [-0.2, 0) is 4.79 Å². The quantitative estimate of drug-likeness (QED) is 0.157. The van der Waals surface area contributed by atoms with Crippen LogP contribution in [-0.4, -0.2) is 16.6 Å². The third-order valence-electron chi connectivity index (χ3n) is 6.18. The Hall–Kier alpha value is -1.55. The Morgan fingerprint density at radius 3 is 1.61 bits per heavy atom. The van der Waals surface area contributed by atoms with Crippen molar-refractivity contribution in [2.75, 3.05) is 5.43 Å². The predicted octanol–water partition coefficient (Wildman–Crippen LogP) is 7.45. The minimum absolute atomic E-state index is 0.301. The molecule has 4 heteroatoms. The van der Waals surface area contributed by atoms with E-state index in [4.69, 9.17) is 0 Å². The molecular weight excluding hydrogens is 384 g/mol. The molecule has 0 fully saturated rings. The van der Waals surface area contributed by atoms with Crippen LogP contribution in [0.2, 0.25) is 0 Å². The van der Waals surface area contributed by atoms with Crippen LogP contribution in [0.5, 0.6) is 0 Å². The number of aliphatic hydroxyl groups is 1. The van der Waals surface area contributed by atoms with Gasteiger partial charge in [-0.1, -0.05) is 121 Å². The highest BCUT2D eigenvalue weighted by Gasteiger charge is 2.34. The van der Waals surface area contributed by atoms with Crippen LogP contribution in [0.1, 0.15) is 122 Å². The summed E-state index contributed by atoms with van der Waals surface area (Å²) in [5, 5.41) is 11.2. The van der Waals surface area contributed by atoms with E-state index in [-0.39, 0.29) is 5.91 Å². The topological polar surface area (TPSA) is 61.4 Å². The minimum atomic E-state index is -1.29. The lowest BCUT2D eigenvalue weighted by atomic mass is 9.89. The molecule has 0 heterocycles. The number of carbonyl (C=O) groups excluding carboxylic acids is 1. The number of nitrogens with one attached hydrogen (secondary N) is 2. The molecular formula is C27H48N2O2. The standard InChI is InChI=1S/C27H48N2O2/c1-4-6-8-10-12-14-16-22-27(31,23-17-15-13-11-9-7-5-2)26(30)29-28-25-20-18-24(3)19-21-25/h18-21,28,31H,4-17,22-23H2,1-3H3,(H,29,30). The molecule has 0 aliphatic carbocycles. The van der Waals surface area contributed by atoms with E-state index in [1.165, 1.54) is 69.8 Å². The second-order valence-electron chi connectivity index (χ2n) is 9.22. The van der Waals surface area contributed by atoms with Crippen LogP contribution in [0.3, 0.4) is 0 Å². The number of hydrogen-bond acceptors (Lipinski definition) is 3. The minimum Gasteiger partial charge on any atom is -0.380 e. The Balaban J connectivity index is 2.48. The van der Waals surface area contributed by atoms with Crippen molar-refractivity contribution in [3.05, 3.63) is 29.8 Å². The summed E-state index contributed by atoms with van der Waals surface area (Å²) in [6.07, 6.45) is 17.6. The number of aryl methyl sites for hydroxylation is 1. The van der Waals surface area contributed by atoms with Crippen LogP contribution < -0.4 is 10.9 Å². The summed E-state index contributed by atoms with van der Waals surface area (Å²) in [5.41, 5.74) is 6.44. The number of hydrazine groups is 1. The summed E-state index contributed by atoms with van der Waals surface area (Å²) in [5.74, 6) is -0.301. The van der Waals surface area contributed by atoms with Crippen LogP contribution >= 0.6 is 0 Å². The molecule has 0 atom stereocenters. The zero-order chi connectivity index (χ0) is 22.8. The molecule has 1 rings (SSSR count). The summed E-state index contributed by atoms with van der Waals surface area (Å²) < 4.78 is 0. The average Bonchev–Trinajstić information content (AvgIpc) is 2.77. The molecule has 31 heavy (non-hydrogen) atoms. The van der Waals surface area contributed by atoms with Gasteiger partial charge in [-0.2, -0.15) is 0 Å². The molecule has 4 nitrogen and oxygen atoms in total. The van der Waals surface area contributed by atoms with Crippen molar-refractivity contribution in [1.82, 2.24) is 5.43 Å². The molecule has 0 saturated heterocycles. The molecule has 178 valence electrons. The van der Waals surface area contributed by atoms with E-state index < -0.39 is 5.60 Å². The van der Waals surface area contributed by atoms with Gasteiger partial charge in [-0.25, -0.2) is 0 Å². The van der Waals surface area contributed by atoms with E-state index in [1.807, 2.05) is 31.2 Å². The number of unbranched alkanes of at least 4 members (excludes halogenated alkanes) is 12. The van der Waals surface area contributed by atoms with Crippen molar-refractivity contribution < 1.29 is 9.90 Å². The third kappa shape index (κ3) is 12.8. The molecule has 0 aliphatic heterocycles. The van der Waals surface area contributed by atoms with Gasteiger partial charge < -0.3 is 5.11 Å². The van der Waals surface area contributed by atoms with E-state index in [2.05, 4.69) is 24.7 Å². The van der Waals surface area contributed by atoms with Gasteiger partial charge in [0.1, 0.15) is 5.60 Å². The van der Waals surface area contributed by atoms with Gasteiger partial charge in [0.05, 0.1) is 5.69 Å². The van der Waals surface area contributed by atoms with Gasteiger partial charge in [0.15, 0.2) is 0 Å². The van der Waals surface area contributed by atoms with Crippen molar-refractivity contribution in [3.63, 3.8) is 0 Å². The summed E-state index contributed by atoms with van der Waals surface area (Å²) in [4.78, 5) is 12.9. The van der Waals surface area contributed by atoms with Gasteiger partial charge in [0, 0.05) is 0 Å². The summed E-state index contributed by atoms with van der Waals surface area (Å²) >= 11 is 0. The molecule has 0 spiro atoms. The highest BCUT2D eigenvalue weighted by atomic mass is 16.3. The average molecular weight is 433 g/mol. The Labute approximate surface area is 191 Å². The molecule has 3 N–H and O–H groups in total. The Morgan fingerprint density at radius 2 is 1.16 bits per heavy atom. The number of rotatable bonds is 19. The highest BCUT2D eigenvalue weighted by Crippen LogP contribution is 2.24. The first-order chi connectivity index (χ1) is 15.0. The molecule has 1 amide bonds. The number of anilines is 1. The maximum atomic E-state index is 12.9. The van der Waals surface area contributed by atoms with E-state index in [1.54, 1.807) is 0 Å². The smallest absolute Gasteiger partial charge is 0.270 e. The second kappa shape index (κ2) is 17.1. The SMILES string of the molecule is CCCCCCCCCC(O)(CCCCCCCCC)C(=O)NNc1ccc(C)cc1. The zero-order valence-corrected chi connectivity index (χ0v) is 20.5. The van der Waals surface area contributed by atoms with E-state index in [9.17, 15) is 9.90 Å². The predicted molar refractivity (Wildman–Crippen MR) is 133 cm³/mol. The van der Waals surface area contributed by atoms with Crippen molar-refractivity contribution in [2.45, 2.75) is 129 Å². The maximum Gasteiger partial charge on any atom is 0.270 e. The number of carbonyl (C=O) groups is 1. The van der Waals surface area contributed by atoms with Gasteiger partial charge in [-0.3, -0.25) is 15.6 Å². The van der Waals surface area contributed by atoms with Crippen molar-refractivity contribution in [3.8, 4) is 0 Å². The molecule has 1 aromatic carbocycles. The molecule has 0 saturated carbocycles. The van der Waals surface area contributed by atoms with Crippen molar-refractivity contribution >= 4 is 11.6 Å². The molecule has 0 unspecified atom stereocenters. The first-order valence-electron chi connectivity index (χ1n) is 12.9. The van der Waals surface area contributed by atoms with E-state index >= 15 is 0 Å². The Morgan fingerprint density at radius 1 is 0.742 bits per heavy atom. The third-order valence-corrected chi connectivity index (χ3v) is 6.18. The first-order valence-corrected chi connectivity index (χ1v) is 12.9. The zero-order valence-electron chi connectivity index (χ0n) is 20.5. The molecule has 0 aromatic heterocycles. The molecule has 1 aromatic rings. The monoisotopic (exact) mass is 432 g/mol. The fourth-order valence-electron chi connectivity index (χ4n) is 3.98.